The fraction of sp³-hybridized carbons (Fsp3) is 0.300. The zero-order valence-corrected chi connectivity index (χ0v) is 9.46. The van der Waals surface area contributed by atoms with Gasteiger partial charge in [0.25, 0.3) is 0 Å². The van der Waals surface area contributed by atoms with Gasteiger partial charge < -0.3 is 16.3 Å². The molecule has 1 aromatic rings. The Kier molecular flexibility index (Phi) is 4.83. The lowest BCUT2D eigenvalue weighted by atomic mass is 10.2. The maximum atomic E-state index is 5.48. The van der Waals surface area contributed by atoms with Crippen LogP contribution in [0.5, 0.6) is 5.75 Å². The Morgan fingerprint density at radius 2 is 2.07 bits per heavy atom. The zero-order valence-electron chi connectivity index (χ0n) is 8.64. The van der Waals surface area contributed by atoms with Crippen LogP contribution in [-0.4, -0.2) is 17.5 Å². The van der Waals surface area contributed by atoms with E-state index in [1.165, 1.54) is 17.3 Å². The Labute approximate surface area is 93.7 Å². The summed E-state index contributed by atoms with van der Waals surface area (Å²) in [5.74, 6) is 6.59. The number of amidine groups is 1. The van der Waals surface area contributed by atoms with E-state index in [1.54, 1.807) is 0 Å². The molecule has 0 atom stereocenters. The van der Waals surface area contributed by atoms with Crippen LogP contribution in [0.15, 0.2) is 29.4 Å². The minimum Gasteiger partial charge on any atom is -0.493 e. The van der Waals surface area contributed by atoms with Crippen molar-refractivity contribution in [2.45, 2.75) is 6.92 Å². The molecule has 0 aliphatic carbocycles. The minimum absolute atomic E-state index is 0.377. The van der Waals surface area contributed by atoms with Crippen molar-refractivity contribution in [2.24, 2.45) is 16.7 Å². The second-order valence-electron chi connectivity index (χ2n) is 2.98. The topological polar surface area (TPSA) is 73.6 Å². The lowest BCUT2D eigenvalue weighted by Gasteiger charge is -2.05. The van der Waals surface area contributed by atoms with Crippen LogP contribution in [-0.2, 0) is 0 Å². The van der Waals surface area contributed by atoms with Gasteiger partial charge in [0.2, 0.25) is 0 Å². The first kappa shape index (κ1) is 11.7. The van der Waals surface area contributed by atoms with Crippen molar-refractivity contribution >= 4 is 16.9 Å². The van der Waals surface area contributed by atoms with Gasteiger partial charge in [-0.3, -0.25) is 0 Å². The highest BCUT2D eigenvalue weighted by Crippen LogP contribution is 2.11. The molecule has 4 N–H and O–H groups in total. The average Bonchev–Trinajstić information content (AvgIpc) is 2.26. The second kappa shape index (κ2) is 6.19. The molecular weight excluding hydrogens is 210 g/mol. The van der Waals surface area contributed by atoms with Crippen LogP contribution in [0, 0.1) is 6.92 Å². The molecule has 1 rings (SSSR count). The molecule has 1 aromatic carbocycles. The van der Waals surface area contributed by atoms with Gasteiger partial charge in [-0.1, -0.05) is 29.5 Å². The largest absolute Gasteiger partial charge is 0.493 e. The normalized spacial score (nSPS) is 11.4. The molecule has 4 nitrogen and oxygen atoms in total. The predicted molar refractivity (Wildman–Crippen MR) is 64.9 cm³/mol. The molecule has 0 radical (unpaired) electrons. The molecule has 0 aromatic heterocycles. The van der Waals surface area contributed by atoms with Crippen LogP contribution in [0.3, 0.4) is 0 Å². The van der Waals surface area contributed by atoms with E-state index < -0.39 is 0 Å². The van der Waals surface area contributed by atoms with E-state index >= 15 is 0 Å². The van der Waals surface area contributed by atoms with Crippen LogP contribution in [0.2, 0.25) is 0 Å². The molecule has 15 heavy (non-hydrogen) atoms. The van der Waals surface area contributed by atoms with Crippen molar-refractivity contribution in [1.82, 2.24) is 0 Å². The van der Waals surface area contributed by atoms with E-state index in [0.717, 1.165) is 11.5 Å². The van der Waals surface area contributed by atoms with Crippen molar-refractivity contribution in [3.05, 3.63) is 29.8 Å². The molecule has 0 heterocycles. The number of hydrazone groups is 1. The summed E-state index contributed by atoms with van der Waals surface area (Å²) in [7, 11) is 0. The molecule has 0 amide bonds. The molecule has 0 unspecified atom stereocenters. The van der Waals surface area contributed by atoms with Gasteiger partial charge >= 0.3 is 0 Å². The average molecular weight is 225 g/mol. The summed E-state index contributed by atoms with van der Waals surface area (Å²) in [5, 5.41) is 3.72. The predicted octanol–water partition coefficient (Wildman–Crippen LogP) is 1.30. The van der Waals surface area contributed by atoms with Gasteiger partial charge in [0.1, 0.15) is 5.75 Å². The highest BCUT2D eigenvalue weighted by molar-refractivity contribution is 8.13. The van der Waals surface area contributed by atoms with Crippen molar-refractivity contribution in [1.29, 1.82) is 0 Å². The first-order valence-corrected chi connectivity index (χ1v) is 5.56. The number of rotatable bonds is 4. The molecule has 0 spiro atoms. The van der Waals surface area contributed by atoms with Crippen molar-refractivity contribution in [2.75, 3.05) is 12.4 Å². The third-order valence-electron chi connectivity index (χ3n) is 1.75. The van der Waals surface area contributed by atoms with E-state index in [-0.39, 0.29) is 0 Å². The van der Waals surface area contributed by atoms with Gasteiger partial charge in [-0.05, 0) is 19.1 Å². The minimum atomic E-state index is 0.377. The number of hydrogen-bond donors (Lipinski definition) is 2. The smallest absolute Gasteiger partial charge is 0.177 e. The van der Waals surface area contributed by atoms with Crippen molar-refractivity contribution < 1.29 is 4.74 Å². The summed E-state index contributed by atoms with van der Waals surface area (Å²) in [6, 6.07) is 7.91. The summed E-state index contributed by atoms with van der Waals surface area (Å²) in [6.07, 6.45) is 0. The Hall–Kier alpha value is -1.36. The van der Waals surface area contributed by atoms with Crippen molar-refractivity contribution in [3.8, 4) is 5.75 Å². The Bertz CT molecular complexity index is 324. The number of nitrogens with zero attached hydrogens (tertiary/aromatic N) is 1. The molecule has 0 aliphatic heterocycles. The van der Waals surface area contributed by atoms with E-state index in [2.05, 4.69) is 5.10 Å². The Morgan fingerprint density at radius 1 is 1.40 bits per heavy atom. The number of aryl methyl sites for hydroxylation is 1. The number of hydrogen-bond acceptors (Lipinski definition) is 4. The highest BCUT2D eigenvalue weighted by Gasteiger charge is 1.95. The number of benzene rings is 1. The van der Waals surface area contributed by atoms with E-state index in [4.69, 9.17) is 16.3 Å². The van der Waals surface area contributed by atoms with E-state index in [0.29, 0.717) is 11.8 Å². The zero-order chi connectivity index (χ0) is 11.1. The molecular formula is C10H15N3OS. The summed E-state index contributed by atoms with van der Waals surface area (Å²) in [6.45, 7) is 2.63. The molecule has 0 fully saturated rings. The molecule has 82 valence electrons. The highest BCUT2D eigenvalue weighted by atomic mass is 32.2. The van der Waals surface area contributed by atoms with Crippen molar-refractivity contribution in [3.63, 3.8) is 0 Å². The maximum Gasteiger partial charge on any atom is 0.177 e. The first-order valence-electron chi connectivity index (χ1n) is 4.58. The fourth-order valence-electron chi connectivity index (χ4n) is 0.978. The van der Waals surface area contributed by atoms with Gasteiger partial charge in [-0.25, -0.2) is 0 Å². The summed E-state index contributed by atoms with van der Waals surface area (Å²) >= 11 is 1.38. The summed E-state index contributed by atoms with van der Waals surface area (Å²) in [4.78, 5) is 0. The van der Waals surface area contributed by atoms with Crippen LogP contribution in [0.25, 0.3) is 0 Å². The molecule has 0 saturated carbocycles. The maximum absolute atomic E-state index is 5.48. The quantitative estimate of drug-likeness (QED) is 0.266. The molecule has 0 bridgehead atoms. The lowest BCUT2D eigenvalue weighted by Crippen LogP contribution is -2.12. The second-order valence-corrected chi connectivity index (χ2v) is 4.09. The number of ether oxygens (including phenoxy) is 1. The monoisotopic (exact) mass is 225 g/mol. The summed E-state index contributed by atoms with van der Waals surface area (Å²) in [5.41, 5.74) is 6.62. The molecule has 0 aliphatic rings. The third-order valence-corrected chi connectivity index (χ3v) is 2.52. The lowest BCUT2D eigenvalue weighted by molar-refractivity contribution is 0.344. The van der Waals surface area contributed by atoms with E-state index in [1.807, 2.05) is 31.2 Å². The van der Waals surface area contributed by atoms with Crippen LogP contribution in [0.1, 0.15) is 5.56 Å². The van der Waals surface area contributed by atoms with Crippen LogP contribution >= 0.6 is 11.8 Å². The standard InChI is InChI=1S/C10H15N3OS/c1-8-2-4-9(5-3-8)14-6-7-15-10(11)13-12/h2-5H,6-7,12H2,1H3,(H2,11,13). The number of thioether (sulfide) groups is 1. The van der Waals surface area contributed by atoms with Gasteiger partial charge in [0.05, 0.1) is 6.61 Å². The van der Waals surface area contributed by atoms with E-state index in [9.17, 15) is 0 Å². The van der Waals surface area contributed by atoms with Gasteiger partial charge in [-0.2, -0.15) is 5.10 Å². The molecule has 0 saturated heterocycles. The Balaban J connectivity index is 2.23. The Morgan fingerprint density at radius 3 is 2.67 bits per heavy atom. The van der Waals surface area contributed by atoms with Gasteiger partial charge in [0, 0.05) is 5.75 Å². The third kappa shape index (κ3) is 4.60. The fourth-order valence-corrected chi connectivity index (χ4v) is 1.43. The molecule has 5 heteroatoms. The van der Waals surface area contributed by atoms with Gasteiger partial charge in [-0.15, -0.1) is 0 Å². The van der Waals surface area contributed by atoms with Crippen LogP contribution < -0.4 is 16.3 Å². The summed E-state index contributed by atoms with van der Waals surface area (Å²) < 4.78 is 5.48. The first-order chi connectivity index (χ1) is 7.22. The SMILES string of the molecule is Cc1ccc(OCCSC(N)=NN)cc1. The number of nitrogens with two attached hydrogens (primary N) is 2. The van der Waals surface area contributed by atoms with Crippen LogP contribution in [0.4, 0.5) is 0 Å². The van der Waals surface area contributed by atoms with Gasteiger partial charge in [0.15, 0.2) is 5.17 Å².